The number of fused-ring (bicyclic) bond motifs is 3. The number of rotatable bonds is 12. The Morgan fingerprint density at radius 3 is 2.44 bits per heavy atom. The molecule has 1 unspecified atom stereocenters. The molecule has 390 valence electrons. The Balaban J connectivity index is 0.611. The van der Waals surface area contributed by atoms with Crippen LogP contribution < -0.4 is 15.1 Å². The normalized spacial score (nSPS) is 21.7. The predicted molar refractivity (Wildman–Crippen MR) is 287 cm³/mol. The number of nitrogens with zero attached hydrogens (tertiary/aromatic N) is 10. The van der Waals surface area contributed by atoms with Gasteiger partial charge in [0, 0.05) is 92.3 Å². The summed E-state index contributed by atoms with van der Waals surface area (Å²) in [6.45, 7) is 13.3. The number of β-amino-alcohol motifs (C(OH)–C–C–N with tert-alkyl or cyclic N) is 1. The second-order valence-electron chi connectivity index (χ2n) is 22.2. The molecule has 0 bridgehead atoms. The van der Waals surface area contributed by atoms with E-state index in [2.05, 4.69) is 64.7 Å². The van der Waals surface area contributed by atoms with Crippen LogP contribution in [-0.2, 0) is 22.6 Å². The van der Waals surface area contributed by atoms with Gasteiger partial charge in [-0.1, -0.05) is 55.4 Å². The van der Waals surface area contributed by atoms with E-state index in [0.717, 1.165) is 115 Å². The van der Waals surface area contributed by atoms with E-state index in [1.165, 1.54) is 28.9 Å². The Hall–Kier alpha value is -6.76. The van der Waals surface area contributed by atoms with Gasteiger partial charge in [-0.2, -0.15) is 0 Å². The number of likely N-dealkylation sites (tertiary alicyclic amines) is 2. The number of thiazole rings is 1. The molecule has 1 saturated carbocycles. The van der Waals surface area contributed by atoms with E-state index in [-0.39, 0.29) is 42.5 Å². The molecule has 4 fully saturated rings. The number of hydrogen-bond donors (Lipinski definition) is 4. The smallest absolute Gasteiger partial charge is 0.243 e. The third kappa shape index (κ3) is 9.43. The van der Waals surface area contributed by atoms with Gasteiger partial charge in [0.2, 0.25) is 17.8 Å². The first-order chi connectivity index (χ1) is 36.4. The number of aryl methyl sites for hydroxylation is 1. The van der Waals surface area contributed by atoms with Gasteiger partial charge in [-0.15, -0.1) is 21.5 Å². The van der Waals surface area contributed by atoms with Crippen LogP contribution in [0.15, 0.2) is 83.1 Å². The molecule has 4 aliphatic heterocycles. The topological polar surface area (TPSA) is 206 Å². The van der Waals surface area contributed by atoms with Crippen molar-refractivity contribution in [2.75, 3.05) is 49.1 Å². The molecule has 2 amide bonds. The number of para-hydroxylation sites is 1. The van der Waals surface area contributed by atoms with E-state index < -0.39 is 18.1 Å². The van der Waals surface area contributed by atoms with E-state index >= 15 is 0 Å². The summed E-state index contributed by atoms with van der Waals surface area (Å²) in [4.78, 5) is 55.7. The number of aromatic nitrogens is 7. The number of hydrogen-bond acceptors (Lipinski definition) is 15. The van der Waals surface area contributed by atoms with Crippen molar-refractivity contribution in [3.8, 4) is 27.4 Å². The number of nitrogens with one attached hydrogen (secondary N) is 2. The quantitative estimate of drug-likeness (QED) is 0.0909. The van der Waals surface area contributed by atoms with Crippen LogP contribution in [0.3, 0.4) is 0 Å². The number of carbonyl (C=O) groups is 2. The first-order valence-corrected chi connectivity index (χ1v) is 27.7. The summed E-state index contributed by atoms with van der Waals surface area (Å²) in [7, 11) is 0. The number of piperidine rings is 2. The maximum absolute atomic E-state index is 14.4. The molecule has 3 saturated heterocycles. The molecule has 17 nitrogen and oxygen atoms in total. The zero-order valence-corrected chi connectivity index (χ0v) is 44.0. The van der Waals surface area contributed by atoms with Crippen LogP contribution in [0.1, 0.15) is 117 Å². The lowest BCUT2D eigenvalue weighted by Gasteiger charge is -2.56. The largest absolute Gasteiger partial charge is 0.507 e. The molecule has 2 aromatic carbocycles. The van der Waals surface area contributed by atoms with E-state index in [1.54, 1.807) is 23.5 Å². The second-order valence-corrected chi connectivity index (χ2v) is 23.1. The Morgan fingerprint density at radius 1 is 0.960 bits per heavy atom. The molecule has 5 aliphatic rings. The average Bonchev–Trinajstić information content (AvgIpc) is 4.25. The minimum atomic E-state index is -0.790. The number of benzene rings is 2. The van der Waals surface area contributed by atoms with Gasteiger partial charge in [-0.25, -0.2) is 15.0 Å². The monoisotopic (exact) mass is 1030 g/mol. The van der Waals surface area contributed by atoms with Crippen LogP contribution in [0.4, 0.5) is 11.8 Å². The van der Waals surface area contributed by atoms with E-state index in [4.69, 9.17) is 14.5 Å². The van der Waals surface area contributed by atoms with Crippen molar-refractivity contribution in [2.45, 2.75) is 122 Å². The van der Waals surface area contributed by atoms with Crippen molar-refractivity contribution < 1.29 is 24.3 Å². The number of phenolic OH excluding ortho intramolecular Hbond substituents is 1. The number of carbonyl (C=O) groups excluding carboxylic acids is 2. The lowest BCUT2D eigenvalue weighted by atomic mass is 9.59. The van der Waals surface area contributed by atoms with Gasteiger partial charge in [0.15, 0.2) is 17.2 Å². The molecular formula is C57H66N12O5S. The van der Waals surface area contributed by atoms with Crippen LogP contribution in [0, 0.1) is 18.3 Å². The lowest BCUT2D eigenvalue weighted by Crippen LogP contribution is -2.56. The summed E-state index contributed by atoms with van der Waals surface area (Å²) >= 11 is 1.60. The third-order valence-corrected chi connectivity index (χ3v) is 18.3. The molecule has 4 atom stereocenters. The first kappa shape index (κ1) is 49.1. The summed E-state index contributed by atoms with van der Waals surface area (Å²) in [5.74, 6) is 1.35. The fourth-order valence-electron chi connectivity index (χ4n) is 13.0. The van der Waals surface area contributed by atoms with Gasteiger partial charge in [-0.05, 0) is 118 Å². The van der Waals surface area contributed by atoms with Crippen LogP contribution in [0.5, 0.6) is 5.75 Å². The average molecular weight is 1030 g/mol. The fourth-order valence-corrected chi connectivity index (χ4v) is 13.8. The van der Waals surface area contributed by atoms with Crippen molar-refractivity contribution in [2.24, 2.45) is 11.3 Å². The van der Waals surface area contributed by atoms with E-state index in [9.17, 15) is 19.8 Å². The lowest BCUT2D eigenvalue weighted by molar-refractivity contribution is -0.141. The maximum atomic E-state index is 14.4. The Labute approximate surface area is 440 Å². The van der Waals surface area contributed by atoms with Crippen molar-refractivity contribution >= 4 is 46.0 Å². The zero-order chi connectivity index (χ0) is 51.5. The van der Waals surface area contributed by atoms with Gasteiger partial charge in [0.1, 0.15) is 17.7 Å². The highest BCUT2D eigenvalue weighted by Gasteiger charge is 2.49. The summed E-state index contributed by atoms with van der Waals surface area (Å²) in [5, 5.41) is 38.7. The molecule has 9 heterocycles. The van der Waals surface area contributed by atoms with E-state index in [1.807, 2.05) is 74.8 Å². The minimum absolute atomic E-state index is 0.0290. The number of amides is 2. The van der Waals surface area contributed by atoms with Gasteiger partial charge in [-0.3, -0.25) is 9.59 Å². The molecule has 1 spiro atoms. The summed E-state index contributed by atoms with van der Waals surface area (Å²) in [5.41, 5.74) is 10.8. The number of phenols is 1. The predicted octanol–water partition coefficient (Wildman–Crippen LogP) is 8.31. The summed E-state index contributed by atoms with van der Waals surface area (Å²) in [6.07, 6.45) is 11.2. The van der Waals surface area contributed by atoms with E-state index in [0.29, 0.717) is 40.9 Å². The fraction of sp³-hybridized carbons (Fsp3) is 0.474. The molecule has 75 heavy (non-hydrogen) atoms. The number of H-pyrrole nitrogens is 1. The number of aromatic hydroxyl groups is 1. The number of aliphatic hydroxyl groups is 1. The summed E-state index contributed by atoms with van der Waals surface area (Å²) < 4.78 is 5.97. The van der Waals surface area contributed by atoms with Gasteiger partial charge < -0.3 is 44.6 Å². The summed E-state index contributed by atoms with van der Waals surface area (Å²) in [6, 6.07) is 19.1. The van der Waals surface area contributed by atoms with Gasteiger partial charge in [0.05, 0.1) is 33.9 Å². The third-order valence-electron chi connectivity index (χ3n) is 17.3. The Bertz CT molecular complexity index is 3180. The van der Waals surface area contributed by atoms with Crippen molar-refractivity contribution in [3.63, 3.8) is 0 Å². The second kappa shape index (κ2) is 20.1. The molecule has 12 rings (SSSR count). The zero-order valence-electron chi connectivity index (χ0n) is 43.2. The van der Waals surface area contributed by atoms with Crippen LogP contribution >= 0.6 is 11.3 Å². The van der Waals surface area contributed by atoms with Crippen LogP contribution in [0.25, 0.3) is 32.7 Å². The number of aliphatic hydroxyl groups excluding tert-OH is 1. The number of aromatic amines is 1. The molecule has 4 N–H and O–H groups in total. The highest BCUT2D eigenvalue weighted by atomic mass is 32.1. The Kier molecular flexibility index (Phi) is 13.1. The van der Waals surface area contributed by atoms with Crippen molar-refractivity contribution in [1.82, 2.24) is 50.4 Å². The SMILES string of the molecule is Cc1ncsc1-c1ccc(CNC(=O)[C@@H]2C[C@@H](O)CN2C(=O)C(c2cc(N3CCC4(CC3)CC(N3CCC(c5cnc(N6CCc7[nH]c8nnc(-c9ccccc9O)cc8c7[C@@H]6C)nc5)CC3)C4)no2)C(C)C)cc1. The Morgan fingerprint density at radius 2 is 1.72 bits per heavy atom. The highest BCUT2D eigenvalue weighted by molar-refractivity contribution is 7.13. The highest BCUT2D eigenvalue weighted by Crippen LogP contribution is 2.52. The molecule has 5 aromatic heterocycles. The molecule has 0 radical (unpaired) electrons. The standard InChI is InChI=1S/C57H66N12O5S/c1-33(2)50(55(73)69-31-41(70)23-46(69)54(72)58-28-36-9-11-38(12-10-36)52-34(3)61-32-75-52)48-25-49(65-74-48)67-21-16-57(17-22-67)26-40(27-57)66-18-13-37(14-19-66)39-29-59-56(60-30-39)68-20-15-44-51(35(68)4)43-24-45(63-64-53(43)62-44)42-7-5-6-8-47(42)71/h5-12,24-25,29-30,32-33,35,37,40-41,46,50,70-71H,13-23,26-28,31H2,1-4H3,(H,58,72)(H,62,64)/t35-,41+,46-,50?/m0/s1. The number of anilines is 2. The van der Waals surface area contributed by atoms with Crippen molar-refractivity contribution in [1.29, 1.82) is 0 Å². The molecule has 1 aliphatic carbocycles. The van der Waals surface area contributed by atoms with Crippen LogP contribution in [-0.4, -0.2) is 125 Å². The van der Waals surface area contributed by atoms with Crippen molar-refractivity contribution in [3.05, 3.63) is 112 Å². The molecular weight excluding hydrogens is 965 g/mol. The van der Waals surface area contributed by atoms with Crippen LogP contribution in [0.2, 0.25) is 0 Å². The van der Waals surface area contributed by atoms with Gasteiger partial charge in [0.25, 0.3) is 0 Å². The molecule has 18 heteroatoms. The van der Waals surface area contributed by atoms with Gasteiger partial charge >= 0.3 is 0 Å². The molecule has 7 aromatic rings. The minimum Gasteiger partial charge on any atom is -0.507 e. The maximum Gasteiger partial charge on any atom is 0.243 e. The first-order valence-electron chi connectivity index (χ1n) is 26.8.